The molecule has 4 aromatic rings. The van der Waals surface area contributed by atoms with Crippen LogP contribution in [0.15, 0.2) is 59.1 Å². The van der Waals surface area contributed by atoms with Gasteiger partial charge in [-0.3, -0.25) is 0 Å². The number of H-pyrrole nitrogens is 1. The summed E-state index contributed by atoms with van der Waals surface area (Å²) in [5.74, 6) is -0.685. The molecule has 186 valence electrons. The Balaban J connectivity index is 1.33. The topological polar surface area (TPSA) is 112 Å². The van der Waals surface area contributed by atoms with Gasteiger partial charge in [0, 0.05) is 54.7 Å². The van der Waals surface area contributed by atoms with E-state index in [0.29, 0.717) is 37.3 Å². The molecular weight excluding hydrogens is 460 g/mol. The first-order valence-corrected chi connectivity index (χ1v) is 11.8. The molecule has 1 aliphatic rings. The summed E-state index contributed by atoms with van der Waals surface area (Å²) in [5.41, 5.74) is 2.57. The van der Waals surface area contributed by atoms with Crippen LogP contribution in [0.1, 0.15) is 31.3 Å². The van der Waals surface area contributed by atoms with Gasteiger partial charge in [-0.1, -0.05) is 6.07 Å². The first kappa shape index (κ1) is 23.5. The van der Waals surface area contributed by atoms with Gasteiger partial charge in [-0.05, 0) is 68.6 Å². The van der Waals surface area contributed by atoms with E-state index >= 15 is 0 Å². The predicted octanol–water partition coefficient (Wildman–Crippen LogP) is 5.25. The van der Waals surface area contributed by atoms with Crippen LogP contribution in [0.5, 0.6) is 0 Å². The lowest BCUT2D eigenvalue weighted by atomic mass is 10.1. The van der Waals surface area contributed by atoms with Crippen molar-refractivity contribution in [3.05, 3.63) is 60.4 Å². The smallest absolute Gasteiger partial charge is 0.410 e. The van der Waals surface area contributed by atoms with Gasteiger partial charge >= 0.3 is 12.1 Å². The number of hydrogen-bond acceptors (Lipinski definition) is 6. The number of hydrogen-bond donors (Lipinski definition) is 2. The Hall–Kier alpha value is -4.27. The number of carboxylic acids is 1. The third kappa shape index (κ3) is 4.77. The van der Waals surface area contributed by atoms with Crippen molar-refractivity contribution < 1.29 is 23.8 Å². The van der Waals surface area contributed by atoms with Gasteiger partial charge in [0.2, 0.25) is 5.89 Å². The molecule has 0 atom stereocenters. The second-order valence-corrected chi connectivity index (χ2v) is 9.78. The van der Waals surface area contributed by atoms with Crippen molar-refractivity contribution in [3.8, 4) is 22.8 Å². The molecule has 5 rings (SSSR count). The Kier molecular flexibility index (Phi) is 5.91. The number of benzene rings is 2. The molecular formula is C27H28N4O5. The maximum atomic E-state index is 12.3. The second-order valence-electron chi connectivity index (χ2n) is 9.78. The molecule has 2 aromatic heterocycles. The number of carbonyl (C=O) groups excluding carboxylic acids is 1. The SMILES string of the molecule is CC(C)(C)OC(=O)N1CCN(c2ccc(-c3oc(-c4ccc5cc[nH]c5c4)nc3C(=O)O)cc2)CC1. The van der Waals surface area contributed by atoms with E-state index in [1.165, 1.54) is 0 Å². The zero-order chi connectivity index (χ0) is 25.4. The summed E-state index contributed by atoms with van der Waals surface area (Å²) in [6.45, 7) is 8.05. The molecule has 9 nitrogen and oxygen atoms in total. The van der Waals surface area contributed by atoms with Crippen LogP contribution in [-0.4, -0.2) is 63.8 Å². The summed E-state index contributed by atoms with van der Waals surface area (Å²) in [5, 5.41) is 10.8. The number of nitrogens with zero attached hydrogens (tertiary/aromatic N) is 3. The van der Waals surface area contributed by atoms with Gasteiger partial charge in [0.1, 0.15) is 5.60 Å². The first-order chi connectivity index (χ1) is 17.2. The summed E-state index contributed by atoms with van der Waals surface area (Å²) >= 11 is 0. The highest BCUT2D eigenvalue weighted by molar-refractivity contribution is 5.93. The number of aromatic amines is 1. The Labute approximate surface area is 208 Å². The number of aromatic carboxylic acids is 1. The molecule has 0 unspecified atom stereocenters. The number of rotatable bonds is 4. The van der Waals surface area contributed by atoms with Crippen LogP contribution in [0, 0.1) is 0 Å². The number of oxazole rings is 1. The molecule has 0 radical (unpaired) electrons. The Morgan fingerprint density at radius 3 is 2.36 bits per heavy atom. The largest absolute Gasteiger partial charge is 0.476 e. The van der Waals surface area contributed by atoms with Gasteiger partial charge in [-0.15, -0.1) is 0 Å². The van der Waals surface area contributed by atoms with Crippen LogP contribution in [0.3, 0.4) is 0 Å². The van der Waals surface area contributed by atoms with Crippen molar-refractivity contribution in [1.29, 1.82) is 0 Å². The summed E-state index contributed by atoms with van der Waals surface area (Å²) in [4.78, 5) is 35.5. The molecule has 0 aliphatic carbocycles. The van der Waals surface area contributed by atoms with E-state index in [4.69, 9.17) is 9.15 Å². The van der Waals surface area contributed by atoms with Gasteiger partial charge in [0.25, 0.3) is 0 Å². The van der Waals surface area contributed by atoms with Crippen LogP contribution in [0.25, 0.3) is 33.7 Å². The average molecular weight is 489 g/mol. The Morgan fingerprint density at radius 2 is 1.69 bits per heavy atom. The zero-order valence-electron chi connectivity index (χ0n) is 20.4. The molecule has 1 saturated heterocycles. The summed E-state index contributed by atoms with van der Waals surface area (Å²) in [6.07, 6.45) is 1.55. The van der Waals surface area contributed by atoms with E-state index in [0.717, 1.165) is 16.6 Å². The summed E-state index contributed by atoms with van der Waals surface area (Å²) in [6, 6.07) is 15.2. The quantitative estimate of drug-likeness (QED) is 0.404. The maximum absolute atomic E-state index is 12.3. The number of piperazine rings is 1. The van der Waals surface area contributed by atoms with Crippen LogP contribution >= 0.6 is 0 Å². The maximum Gasteiger partial charge on any atom is 0.410 e. The highest BCUT2D eigenvalue weighted by Gasteiger charge is 2.26. The monoisotopic (exact) mass is 488 g/mol. The van der Waals surface area contributed by atoms with Crippen molar-refractivity contribution in [1.82, 2.24) is 14.9 Å². The number of ether oxygens (including phenoxy) is 1. The van der Waals surface area contributed by atoms with E-state index in [1.807, 2.05) is 75.5 Å². The van der Waals surface area contributed by atoms with Gasteiger partial charge in [0.05, 0.1) is 0 Å². The fourth-order valence-corrected chi connectivity index (χ4v) is 4.26. The van der Waals surface area contributed by atoms with Crippen molar-refractivity contribution >= 4 is 28.7 Å². The van der Waals surface area contributed by atoms with E-state index in [1.54, 1.807) is 4.90 Å². The minimum Gasteiger partial charge on any atom is -0.476 e. The predicted molar refractivity (Wildman–Crippen MR) is 136 cm³/mol. The number of nitrogens with one attached hydrogen (secondary N) is 1. The van der Waals surface area contributed by atoms with Gasteiger partial charge in [0.15, 0.2) is 11.5 Å². The molecule has 1 fully saturated rings. The molecule has 0 bridgehead atoms. The fourth-order valence-electron chi connectivity index (χ4n) is 4.26. The van der Waals surface area contributed by atoms with Crippen molar-refractivity contribution in [3.63, 3.8) is 0 Å². The van der Waals surface area contributed by atoms with Crippen molar-refractivity contribution in [2.24, 2.45) is 0 Å². The number of aromatic nitrogens is 2. The number of anilines is 1. The number of carbonyl (C=O) groups is 2. The van der Waals surface area contributed by atoms with Crippen molar-refractivity contribution in [2.45, 2.75) is 26.4 Å². The van der Waals surface area contributed by atoms with Crippen molar-refractivity contribution in [2.75, 3.05) is 31.1 Å². The van der Waals surface area contributed by atoms with E-state index in [2.05, 4.69) is 14.9 Å². The normalized spacial score (nSPS) is 14.3. The van der Waals surface area contributed by atoms with Crippen LogP contribution in [0.2, 0.25) is 0 Å². The standard InChI is InChI=1S/C27H28N4O5/c1-27(2,3)36-26(34)31-14-12-30(13-15-31)20-8-6-18(7-9-20)23-22(25(32)33)29-24(35-23)19-5-4-17-10-11-28-21(17)16-19/h4-11,16,28H,12-15H2,1-3H3,(H,32,33). The lowest BCUT2D eigenvalue weighted by molar-refractivity contribution is 0.0240. The van der Waals surface area contributed by atoms with E-state index < -0.39 is 11.6 Å². The lowest BCUT2D eigenvalue weighted by Gasteiger charge is -2.36. The van der Waals surface area contributed by atoms with Gasteiger partial charge in [-0.2, -0.15) is 0 Å². The molecule has 2 N–H and O–H groups in total. The number of carboxylic acid groups (broad SMARTS) is 1. The molecule has 2 aromatic carbocycles. The van der Waals surface area contributed by atoms with Gasteiger partial charge < -0.3 is 29.0 Å². The van der Waals surface area contributed by atoms with Crippen LogP contribution in [0.4, 0.5) is 10.5 Å². The highest BCUT2D eigenvalue weighted by Crippen LogP contribution is 2.32. The minimum atomic E-state index is -1.15. The lowest BCUT2D eigenvalue weighted by Crippen LogP contribution is -2.50. The molecule has 0 saturated carbocycles. The van der Waals surface area contributed by atoms with E-state index in [-0.39, 0.29) is 23.4 Å². The minimum absolute atomic E-state index is 0.129. The third-order valence-electron chi connectivity index (χ3n) is 6.06. The Bertz CT molecular complexity index is 1410. The molecule has 36 heavy (non-hydrogen) atoms. The summed E-state index contributed by atoms with van der Waals surface area (Å²) < 4.78 is 11.4. The van der Waals surface area contributed by atoms with Crippen LogP contribution < -0.4 is 4.90 Å². The summed E-state index contributed by atoms with van der Waals surface area (Å²) in [7, 11) is 0. The number of amides is 1. The zero-order valence-corrected chi connectivity index (χ0v) is 20.4. The molecule has 1 aliphatic heterocycles. The van der Waals surface area contributed by atoms with E-state index in [9.17, 15) is 14.7 Å². The molecule has 9 heteroatoms. The third-order valence-corrected chi connectivity index (χ3v) is 6.06. The fraction of sp³-hybridized carbons (Fsp3) is 0.296. The van der Waals surface area contributed by atoms with Gasteiger partial charge in [-0.25, -0.2) is 14.6 Å². The second kappa shape index (κ2) is 9.07. The highest BCUT2D eigenvalue weighted by atomic mass is 16.6. The average Bonchev–Trinajstić information content (AvgIpc) is 3.50. The van der Waals surface area contributed by atoms with Crippen LogP contribution in [-0.2, 0) is 4.74 Å². The Morgan fingerprint density at radius 1 is 1.00 bits per heavy atom. The first-order valence-electron chi connectivity index (χ1n) is 11.8. The molecule has 0 spiro atoms. The molecule has 1 amide bonds. The number of fused-ring (bicyclic) bond motifs is 1. The molecule has 3 heterocycles.